The van der Waals surface area contributed by atoms with Gasteiger partial charge >= 0.3 is 18.0 Å². The summed E-state index contributed by atoms with van der Waals surface area (Å²) in [6.07, 6.45) is 0. The Balaban J connectivity index is 2.21. The predicted octanol–water partition coefficient (Wildman–Crippen LogP) is 2.53. The highest BCUT2D eigenvalue weighted by Crippen LogP contribution is 2.15. The number of ether oxygens (including phenoxy) is 2. The first kappa shape index (κ1) is 21.8. The van der Waals surface area contributed by atoms with Gasteiger partial charge in [0.05, 0.1) is 13.2 Å². The van der Waals surface area contributed by atoms with Crippen LogP contribution < -0.4 is 21.7 Å². The van der Waals surface area contributed by atoms with Crippen molar-refractivity contribution in [1.82, 2.24) is 10.4 Å². The molecule has 0 unspecified atom stereocenters. The van der Waals surface area contributed by atoms with E-state index in [0.717, 1.165) is 6.07 Å². The number of urea groups is 1. The molecule has 1 heterocycles. The van der Waals surface area contributed by atoms with E-state index in [9.17, 15) is 19.2 Å². The molecular formula is C18H19ClN4O6. The Hall–Kier alpha value is -3.53. The molecule has 0 saturated carbocycles. The lowest BCUT2D eigenvalue weighted by Crippen LogP contribution is -2.36. The minimum absolute atomic E-state index is 0.0550. The molecule has 4 N–H and O–H groups in total. The van der Waals surface area contributed by atoms with Crippen molar-refractivity contribution in [2.24, 2.45) is 0 Å². The summed E-state index contributed by atoms with van der Waals surface area (Å²) in [5, 5.41) is 3.03. The maximum atomic E-state index is 12.2. The molecule has 11 heteroatoms. The number of anilines is 2. The molecule has 2 aromatic rings. The van der Waals surface area contributed by atoms with Crippen LogP contribution in [0.2, 0.25) is 5.02 Å². The molecule has 0 aliphatic rings. The number of H-pyrrole nitrogens is 1. The third kappa shape index (κ3) is 5.98. The van der Waals surface area contributed by atoms with E-state index in [2.05, 4.69) is 21.2 Å². The van der Waals surface area contributed by atoms with Gasteiger partial charge in [0.1, 0.15) is 16.9 Å². The lowest BCUT2D eigenvalue weighted by Gasteiger charge is -2.14. The number of hydrogen-bond donors (Lipinski definition) is 4. The number of nitrogens with one attached hydrogen (secondary N) is 4. The van der Waals surface area contributed by atoms with E-state index >= 15 is 0 Å². The summed E-state index contributed by atoms with van der Waals surface area (Å²) in [5.74, 6) is -1.86. The summed E-state index contributed by atoms with van der Waals surface area (Å²) < 4.78 is 9.72. The van der Waals surface area contributed by atoms with E-state index in [1.807, 2.05) is 0 Å². The second-order valence-corrected chi connectivity index (χ2v) is 5.89. The number of amides is 2. The van der Waals surface area contributed by atoms with Crippen LogP contribution in [0.15, 0.2) is 35.1 Å². The lowest BCUT2D eigenvalue weighted by atomic mass is 10.2. The molecule has 0 bridgehead atoms. The van der Waals surface area contributed by atoms with Crippen molar-refractivity contribution >= 4 is 41.1 Å². The number of halogens is 1. The minimum Gasteiger partial charge on any atom is -0.462 e. The van der Waals surface area contributed by atoms with Gasteiger partial charge in [0.15, 0.2) is 0 Å². The molecule has 0 fully saturated rings. The zero-order valence-corrected chi connectivity index (χ0v) is 16.4. The molecule has 0 atom stereocenters. The Morgan fingerprint density at radius 2 is 1.59 bits per heavy atom. The Bertz CT molecular complexity index is 958. The molecule has 0 saturated heterocycles. The van der Waals surface area contributed by atoms with Crippen LogP contribution in [0.25, 0.3) is 0 Å². The van der Waals surface area contributed by atoms with Gasteiger partial charge in [0.25, 0.3) is 5.56 Å². The first-order valence-corrected chi connectivity index (χ1v) is 8.93. The molecule has 29 heavy (non-hydrogen) atoms. The number of aromatic amines is 1. The van der Waals surface area contributed by atoms with Crippen molar-refractivity contribution in [1.29, 1.82) is 0 Å². The Kier molecular flexibility index (Phi) is 7.61. The Labute approximate surface area is 170 Å². The van der Waals surface area contributed by atoms with Gasteiger partial charge in [-0.3, -0.25) is 15.6 Å². The zero-order chi connectivity index (χ0) is 21.4. The third-order valence-electron chi connectivity index (χ3n) is 3.43. The predicted molar refractivity (Wildman–Crippen MR) is 106 cm³/mol. The fraction of sp³-hybridized carbons (Fsp3) is 0.222. The highest BCUT2D eigenvalue weighted by Gasteiger charge is 2.21. The first-order valence-electron chi connectivity index (χ1n) is 8.55. The van der Waals surface area contributed by atoms with E-state index in [1.165, 1.54) is 0 Å². The monoisotopic (exact) mass is 422 g/mol. The van der Waals surface area contributed by atoms with Gasteiger partial charge < -0.3 is 19.8 Å². The van der Waals surface area contributed by atoms with E-state index in [-0.39, 0.29) is 30.2 Å². The molecule has 2 rings (SSSR count). The standard InChI is InChI=1S/C18H19ClN4O6/c1-3-28-16(25)12-9-13(17(26)29-4-2)15(24)21-14(12)22-23-18(27)20-11-7-5-10(19)6-8-11/h5-9H,3-4H2,1-2H3,(H2,20,23,27)(H2,21,22,24). The minimum atomic E-state index is -0.890. The van der Waals surface area contributed by atoms with Crippen molar-refractivity contribution in [2.45, 2.75) is 13.8 Å². The van der Waals surface area contributed by atoms with Crippen LogP contribution in [0, 0.1) is 0 Å². The Morgan fingerprint density at radius 3 is 2.17 bits per heavy atom. The van der Waals surface area contributed by atoms with Crippen molar-refractivity contribution < 1.29 is 23.9 Å². The molecule has 154 valence electrons. The Morgan fingerprint density at radius 1 is 1.00 bits per heavy atom. The average molecular weight is 423 g/mol. The van der Waals surface area contributed by atoms with Crippen molar-refractivity contribution in [3.63, 3.8) is 0 Å². The summed E-state index contributed by atoms with van der Waals surface area (Å²) in [6, 6.07) is 6.71. The number of carbonyl (C=O) groups is 3. The van der Waals surface area contributed by atoms with Crippen molar-refractivity contribution in [3.05, 3.63) is 56.8 Å². The van der Waals surface area contributed by atoms with Crippen LogP contribution in [0.5, 0.6) is 0 Å². The van der Waals surface area contributed by atoms with E-state index in [1.54, 1.807) is 38.1 Å². The van der Waals surface area contributed by atoms with Gasteiger partial charge in [-0.15, -0.1) is 0 Å². The molecule has 1 aromatic carbocycles. The van der Waals surface area contributed by atoms with E-state index in [4.69, 9.17) is 21.1 Å². The third-order valence-corrected chi connectivity index (χ3v) is 3.69. The van der Waals surface area contributed by atoms with Gasteiger partial charge in [0, 0.05) is 10.7 Å². The maximum Gasteiger partial charge on any atom is 0.343 e. The number of hydrazine groups is 1. The second kappa shape index (κ2) is 10.1. The van der Waals surface area contributed by atoms with Gasteiger partial charge in [-0.25, -0.2) is 14.4 Å². The van der Waals surface area contributed by atoms with Crippen molar-refractivity contribution in [2.75, 3.05) is 24.0 Å². The largest absolute Gasteiger partial charge is 0.462 e. The quantitative estimate of drug-likeness (QED) is 0.397. The summed E-state index contributed by atoms with van der Waals surface area (Å²) in [6.45, 7) is 3.30. The average Bonchev–Trinajstić information content (AvgIpc) is 2.68. The van der Waals surface area contributed by atoms with Crippen LogP contribution in [-0.2, 0) is 9.47 Å². The normalized spacial score (nSPS) is 10.0. The molecule has 1 aromatic heterocycles. The van der Waals surface area contributed by atoms with Crippen LogP contribution in [0.3, 0.4) is 0 Å². The molecule has 10 nitrogen and oxygen atoms in total. The number of aromatic nitrogens is 1. The topological polar surface area (TPSA) is 139 Å². The fourth-order valence-corrected chi connectivity index (χ4v) is 2.30. The summed E-state index contributed by atoms with van der Waals surface area (Å²) in [4.78, 5) is 50.6. The van der Waals surface area contributed by atoms with Gasteiger partial charge in [-0.1, -0.05) is 11.6 Å². The number of pyridine rings is 1. The van der Waals surface area contributed by atoms with Crippen LogP contribution in [0.4, 0.5) is 16.3 Å². The summed E-state index contributed by atoms with van der Waals surface area (Å²) in [5.41, 5.74) is 3.82. The van der Waals surface area contributed by atoms with Crippen LogP contribution in [-0.4, -0.2) is 36.2 Å². The van der Waals surface area contributed by atoms with Crippen LogP contribution >= 0.6 is 11.6 Å². The van der Waals surface area contributed by atoms with Gasteiger partial charge in [0.2, 0.25) is 0 Å². The molecule has 2 amide bonds. The molecule has 0 spiro atoms. The van der Waals surface area contributed by atoms with Crippen molar-refractivity contribution in [3.8, 4) is 0 Å². The molecule has 0 aliphatic carbocycles. The van der Waals surface area contributed by atoms with E-state index < -0.39 is 23.5 Å². The lowest BCUT2D eigenvalue weighted by molar-refractivity contribution is 0.0523. The maximum absolute atomic E-state index is 12.2. The van der Waals surface area contributed by atoms with Gasteiger partial charge in [-0.05, 0) is 44.2 Å². The second-order valence-electron chi connectivity index (χ2n) is 5.45. The van der Waals surface area contributed by atoms with Crippen LogP contribution in [0.1, 0.15) is 34.6 Å². The highest BCUT2D eigenvalue weighted by molar-refractivity contribution is 6.30. The number of hydrogen-bond acceptors (Lipinski definition) is 7. The number of carbonyl (C=O) groups excluding carboxylic acids is 3. The fourth-order valence-electron chi connectivity index (χ4n) is 2.17. The summed E-state index contributed by atoms with van der Waals surface area (Å²) in [7, 11) is 0. The first-order chi connectivity index (χ1) is 13.8. The zero-order valence-electron chi connectivity index (χ0n) is 15.6. The summed E-state index contributed by atoms with van der Waals surface area (Å²) >= 11 is 5.78. The molecule has 0 aliphatic heterocycles. The SMILES string of the molecule is CCOC(=O)c1cc(C(=O)OCC)c(=O)[nH]c1NNC(=O)Nc1ccc(Cl)cc1. The smallest absolute Gasteiger partial charge is 0.343 e. The molecule has 0 radical (unpaired) electrons. The van der Waals surface area contributed by atoms with E-state index in [0.29, 0.717) is 10.7 Å². The molecular weight excluding hydrogens is 404 g/mol. The highest BCUT2D eigenvalue weighted by atomic mass is 35.5. The van der Waals surface area contributed by atoms with Gasteiger partial charge in [-0.2, -0.15) is 0 Å². The number of esters is 2. The number of rotatable bonds is 7. The number of benzene rings is 1.